The monoisotopic (exact) mass is 460 g/mol. The van der Waals surface area contributed by atoms with Crippen molar-refractivity contribution < 1.29 is 19.4 Å². The van der Waals surface area contributed by atoms with Crippen LogP contribution in [0.2, 0.25) is 0 Å². The third-order valence-corrected chi connectivity index (χ3v) is 6.90. The van der Waals surface area contributed by atoms with Gasteiger partial charge in [-0.15, -0.1) is 0 Å². The van der Waals surface area contributed by atoms with Gasteiger partial charge in [0.25, 0.3) is 5.91 Å². The molecule has 3 rings (SSSR count). The lowest BCUT2D eigenvalue weighted by Gasteiger charge is -2.38. The van der Waals surface area contributed by atoms with Crippen LogP contribution in [0.4, 0.5) is 10.5 Å². The third-order valence-electron chi connectivity index (χ3n) is 6.90. The van der Waals surface area contributed by atoms with Crippen LogP contribution in [-0.2, 0) is 0 Å². The van der Waals surface area contributed by atoms with Gasteiger partial charge in [0, 0.05) is 45.3 Å². The fourth-order valence-electron chi connectivity index (χ4n) is 4.59. The van der Waals surface area contributed by atoms with Crippen molar-refractivity contribution in [2.75, 3.05) is 45.7 Å². The Kier molecular flexibility index (Phi) is 8.46. The summed E-state index contributed by atoms with van der Waals surface area (Å²) >= 11 is 0. The van der Waals surface area contributed by atoms with Crippen molar-refractivity contribution in [2.45, 2.75) is 64.1 Å². The SMILES string of the molecule is C[C@@H]1CN([C@H](C)CO)C(=O)c2cc(N(C)C)ccc2O[C@@H]1CN(C)C(=O)NC1CCCCC1. The predicted molar refractivity (Wildman–Crippen MR) is 130 cm³/mol. The van der Waals surface area contributed by atoms with Gasteiger partial charge in [-0.1, -0.05) is 26.2 Å². The molecule has 3 atom stereocenters. The Balaban J connectivity index is 1.82. The van der Waals surface area contributed by atoms with Crippen LogP contribution in [-0.4, -0.2) is 85.9 Å². The Morgan fingerprint density at radius 3 is 2.58 bits per heavy atom. The van der Waals surface area contributed by atoms with Gasteiger partial charge in [-0.25, -0.2) is 4.79 Å². The van der Waals surface area contributed by atoms with E-state index in [-0.39, 0.29) is 42.7 Å². The lowest BCUT2D eigenvalue weighted by molar-refractivity contribution is 0.0366. The molecule has 2 N–H and O–H groups in total. The Hall–Kier alpha value is -2.48. The number of ether oxygens (including phenoxy) is 1. The van der Waals surface area contributed by atoms with Crippen LogP contribution in [0.15, 0.2) is 18.2 Å². The molecule has 0 bridgehead atoms. The number of nitrogens with zero attached hydrogens (tertiary/aromatic N) is 3. The number of hydrogen-bond acceptors (Lipinski definition) is 5. The minimum absolute atomic E-state index is 0.0328. The van der Waals surface area contributed by atoms with E-state index in [0.29, 0.717) is 24.4 Å². The fourth-order valence-corrected chi connectivity index (χ4v) is 4.59. The van der Waals surface area contributed by atoms with Gasteiger partial charge in [0.05, 0.1) is 24.8 Å². The molecule has 33 heavy (non-hydrogen) atoms. The first-order valence-electron chi connectivity index (χ1n) is 12.1. The number of carbonyl (C=O) groups excluding carboxylic acids is 2. The Labute approximate surface area is 197 Å². The number of amides is 3. The largest absolute Gasteiger partial charge is 0.487 e. The predicted octanol–water partition coefficient (Wildman–Crippen LogP) is 2.95. The molecule has 1 aliphatic heterocycles. The molecule has 1 aliphatic carbocycles. The normalized spacial score (nSPS) is 22.5. The number of benzene rings is 1. The number of anilines is 1. The second-order valence-corrected chi connectivity index (χ2v) is 9.86. The molecule has 0 unspecified atom stereocenters. The number of fused-ring (bicyclic) bond motifs is 1. The molecule has 8 heteroatoms. The summed E-state index contributed by atoms with van der Waals surface area (Å²) in [5.41, 5.74) is 1.38. The molecule has 0 radical (unpaired) electrons. The maximum absolute atomic E-state index is 13.4. The summed E-state index contributed by atoms with van der Waals surface area (Å²) in [6, 6.07) is 5.43. The van der Waals surface area contributed by atoms with E-state index in [1.165, 1.54) is 6.42 Å². The molecule has 1 saturated carbocycles. The second-order valence-electron chi connectivity index (χ2n) is 9.86. The van der Waals surface area contributed by atoms with Gasteiger partial charge < -0.3 is 29.9 Å². The van der Waals surface area contributed by atoms with Crippen LogP contribution in [0.5, 0.6) is 5.75 Å². The minimum Gasteiger partial charge on any atom is -0.487 e. The maximum Gasteiger partial charge on any atom is 0.317 e. The number of nitrogens with one attached hydrogen (secondary N) is 1. The Bertz CT molecular complexity index is 825. The van der Waals surface area contributed by atoms with Gasteiger partial charge in [0.2, 0.25) is 0 Å². The molecule has 1 heterocycles. The van der Waals surface area contributed by atoms with Gasteiger partial charge >= 0.3 is 6.03 Å². The first-order chi connectivity index (χ1) is 15.7. The Morgan fingerprint density at radius 1 is 1.24 bits per heavy atom. The van der Waals surface area contributed by atoms with E-state index in [9.17, 15) is 14.7 Å². The summed E-state index contributed by atoms with van der Waals surface area (Å²) in [6.07, 6.45) is 5.34. The molecule has 2 aliphatic rings. The standard InChI is InChI=1S/C25H40N4O4/c1-17-14-29(18(2)16-30)24(31)21-13-20(27(3)4)11-12-22(21)33-23(17)15-28(5)25(32)26-19-9-7-6-8-10-19/h11-13,17-19,23,30H,6-10,14-16H2,1-5H3,(H,26,32)/t17-,18-,23-/m1/s1. The zero-order chi connectivity index (χ0) is 24.1. The van der Waals surface area contributed by atoms with Gasteiger partial charge in [0.15, 0.2) is 0 Å². The lowest BCUT2D eigenvalue weighted by Crippen LogP contribution is -2.52. The topological polar surface area (TPSA) is 85.4 Å². The fraction of sp³-hybridized carbons (Fsp3) is 0.680. The molecule has 1 aromatic carbocycles. The molecular weight excluding hydrogens is 420 g/mol. The zero-order valence-electron chi connectivity index (χ0n) is 20.7. The van der Waals surface area contributed by atoms with Crippen molar-refractivity contribution in [3.8, 4) is 5.75 Å². The van der Waals surface area contributed by atoms with E-state index in [2.05, 4.69) is 5.32 Å². The van der Waals surface area contributed by atoms with Crippen LogP contribution in [0, 0.1) is 5.92 Å². The highest BCUT2D eigenvalue weighted by atomic mass is 16.5. The van der Waals surface area contributed by atoms with Crippen molar-refractivity contribution in [2.24, 2.45) is 5.92 Å². The third kappa shape index (κ3) is 6.10. The van der Waals surface area contributed by atoms with E-state index in [0.717, 1.165) is 31.4 Å². The van der Waals surface area contributed by atoms with Crippen molar-refractivity contribution in [1.29, 1.82) is 0 Å². The highest BCUT2D eigenvalue weighted by molar-refractivity contribution is 5.98. The van der Waals surface area contributed by atoms with Crippen LogP contribution in [0.3, 0.4) is 0 Å². The quantitative estimate of drug-likeness (QED) is 0.682. The van der Waals surface area contributed by atoms with Crippen molar-refractivity contribution in [1.82, 2.24) is 15.1 Å². The summed E-state index contributed by atoms with van der Waals surface area (Å²) in [7, 11) is 5.64. The molecule has 0 spiro atoms. The minimum atomic E-state index is -0.318. The summed E-state index contributed by atoms with van der Waals surface area (Å²) in [5.74, 6) is 0.330. The van der Waals surface area contributed by atoms with Crippen LogP contribution < -0.4 is 15.0 Å². The van der Waals surface area contributed by atoms with Gasteiger partial charge in [-0.2, -0.15) is 0 Å². The van der Waals surface area contributed by atoms with E-state index < -0.39 is 0 Å². The van der Waals surface area contributed by atoms with Gasteiger partial charge in [-0.3, -0.25) is 4.79 Å². The van der Waals surface area contributed by atoms with E-state index in [1.54, 1.807) is 16.8 Å². The number of likely N-dealkylation sites (N-methyl/N-ethyl adjacent to an activating group) is 1. The van der Waals surface area contributed by atoms with Gasteiger partial charge in [0.1, 0.15) is 11.9 Å². The molecular formula is C25H40N4O4. The number of hydrogen-bond donors (Lipinski definition) is 2. The average molecular weight is 461 g/mol. The highest BCUT2D eigenvalue weighted by Gasteiger charge is 2.34. The van der Waals surface area contributed by atoms with E-state index in [1.807, 2.05) is 51.0 Å². The van der Waals surface area contributed by atoms with Crippen LogP contribution >= 0.6 is 0 Å². The van der Waals surface area contributed by atoms with Gasteiger partial charge in [-0.05, 0) is 38.0 Å². The van der Waals surface area contributed by atoms with Crippen molar-refractivity contribution >= 4 is 17.6 Å². The number of urea groups is 1. The summed E-state index contributed by atoms with van der Waals surface area (Å²) in [4.78, 5) is 31.6. The number of carbonyl (C=O) groups is 2. The van der Waals surface area contributed by atoms with E-state index >= 15 is 0 Å². The van der Waals surface area contributed by atoms with Crippen LogP contribution in [0.1, 0.15) is 56.3 Å². The van der Waals surface area contributed by atoms with Crippen LogP contribution in [0.25, 0.3) is 0 Å². The molecule has 1 aromatic rings. The number of aliphatic hydroxyl groups excluding tert-OH is 1. The lowest BCUT2D eigenvalue weighted by atomic mass is 9.96. The highest BCUT2D eigenvalue weighted by Crippen LogP contribution is 2.31. The molecule has 1 fully saturated rings. The molecule has 8 nitrogen and oxygen atoms in total. The van der Waals surface area contributed by atoms with Crippen molar-refractivity contribution in [3.05, 3.63) is 23.8 Å². The molecule has 0 saturated heterocycles. The summed E-state index contributed by atoms with van der Waals surface area (Å²) < 4.78 is 6.38. The summed E-state index contributed by atoms with van der Waals surface area (Å²) in [5, 5.41) is 13.0. The molecule has 3 amide bonds. The average Bonchev–Trinajstić information content (AvgIpc) is 2.80. The number of rotatable bonds is 6. The smallest absolute Gasteiger partial charge is 0.317 e. The summed E-state index contributed by atoms with van der Waals surface area (Å²) in [6.45, 7) is 4.61. The Morgan fingerprint density at radius 2 is 1.94 bits per heavy atom. The maximum atomic E-state index is 13.4. The van der Waals surface area contributed by atoms with Crippen molar-refractivity contribution in [3.63, 3.8) is 0 Å². The number of aliphatic hydroxyl groups is 1. The first kappa shape index (κ1) is 25.1. The van der Waals surface area contributed by atoms with E-state index in [4.69, 9.17) is 4.74 Å². The molecule has 184 valence electrons. The first-order valence-corrected chi connectivity index (χ1v) is 12.1. The molecule has 0 aromatic heterocycles. The second kappa shape index (κ2) is 11.1. The zero-order valence-corrected chi connectivity index (χ0v) is 20.7.